The normalized spacial score (nSPS) is 18.4. The second-order valence-electron chi connectivity index (χ2n) is 5.04. The Hall–Kier alpha value is -1.29. The molecule has 0 aliphatic carbocycles. The quantitative estimate of drug-likeness (QED) is 0.839. The van der Waals surface area contributed by atoms with E-state index in [4.69, 9.17) is 5.11 Å². The lowest BCUT2D eigenvalue weighted by molar-refractivity contribution is -0.136. The fraction of sp³-hybridized carbons (Fsp3) is 0.615. The molecule has 17 heavy (non-hydrogen) atoms. The summed E-state index contributed by atoms with van der Waals surface area (Å²) in [5.74, 6) is 0.0580. The van der Waals surface area contributed by atoms with E-state index in [1.165, 1.54) is 12.8 Å². The Morgan fingerprint density at radius 2 is 2.06 bits per heavy atom. The van der Waals surface area contributed by atoms with Gasteiger partial charge >= 0.3 is 5.97 Å². The molecule has 4 nitrogen and oxygen atoms in total. The van der Waals surface area contributed by atoms with Crippen LogP contribution in [0.25, 0.3) is 0 Å². The molecule has 1 fully saturated rings. The fourth-order valence-corrected chi connectivity index (χ4v) is 2.31. The lowest BCUT2D eigenvalue weighted by Crippen LogP contribution is -2.32. The SMILES string of the molecule is CC1CCN(Cc2ccc(CC(=O)O)[nH]2)CC1. The summed E-state index contributed by atoms with van der Waals surface area (Å²) in [6, 6.07) is 3.87. The van der Waals surface area contributed by atoms with Gasteiger partial charge in [-0.2, -0.15) is 0 Å². The number of aromatic nitrogens is 1. The number of H-pyrrole nitrogens is 1. The highest BCUT2D eigenvalue weighted by molar-refractivity contribution is 5.69. The van der Waals surface area contributed by atoms with E-state index in [1.54, 1.807) is 0 Å². The van der Waals surface area contributed by atoms with Gasteiger partial charge in [0.1, 0.15) is 0 Å². The first kappa shape index (κ1) is 12.2. The van der Waals surface area contributed by atoms with Crippen molar-refractivity contribution in [1.82, 2.24) is 9.88 Å². The van der Waals surface area contributed by atoms with Crippen molar-refractivity contribution in [3.8, 4) is 0 Å². The number of hydrogen-bond acceptors (Lipinski definition) is 2. The number of hydrogen-bond donors (Lipinski definition) is 2. The maximum Gasteiger partial charge on any atom is 0.309 e. The van der Waals surface area contributed by atoms with Crippen LogP contribution in [0.5, 0.6) is 0 Å². The molecule has 94 valence electrons. The van der Waals surface area contributed by atoms with Crippen molar-refractivity contribution < 1.29 is 9.90 Å². The van der Waals surface area contributed by atoms with E-state index in [2.05, 4.69) is 16.8 Å². The largest absolute Gasteiger partial charge is 0.481 e. The Labute approximate surface area is 102 Å². The van der Waals surface area contributed by atoms with Gasteiger partial charge in [0.05, 0.1) is 6.42 Å². The van der Waals surface area contributed by atoms with Crippen LogP contribution in [0.2, 0.25) is 0 Å². The number of carbonyl (C=O) groups is 1. The van der Waals surface area contributed by atoms with E-state index in [1.807, 2.05) is 12.1 Å². The smallest absolute Gasteiger partial charge is 0.309 e. The van der Waals surface area contributed by atoms with Crippen molar-refractivity contribution in [3.63, 3.8) is 0 Å². The third-order valence-corrected chi connectivity index (χ3v) is 3.42. The summed E-state index contributed by atoms with van der Waals surface area (Å²) >= 11 is 0. The molecule has 0 bridgehead atoms. The lowest BCUT2D eigenvalue weighted by Gasteiger charge is -2.29. The first-order valence-electron chi connectivity index (χ1n) is 6.24. The van der Waals surface area contributed by atoms with Crippen LogP contribution in [0, 0.1) is 5.92 Å². The molecule has 0 aromatic carbocycles. The Morgan fingerprint density at radius 3 is 2.71 bits per heavy atom. The van der Waals surface area contributed by atoms with Crippen LogP contribution in [0.1, 0.15) is 31.2 Å². The maximum atomic E-state index is 10.6. The molecule has 0 radical (unpaired) electrons. The lowest BCUT2D eigenvalue weighted by atomic mass is 9.99. The number of aliphatic carboxylic acids is 1. The number of carboxylic acids is 1. The average molecular weight is 236 g/mol. The first-order chi connectivity index (χ1) is 8.13. The molecule has 0 spiro atoms. The number of piperidine rings is 1. The van der Waals surface area contributed by atoms with Crippen LogP contribution < -0.4 is 0 Å². The van der Waals surface area contributed by atoms with Crippen LogP contribution in [-0.4, -0.2) is 34.0 Å². The standard InChI is InChI=1S/C13H20N2O2/c1-10-4-6-15(7-5-10)9-12-3-2-11(14-12)8-13(16)17/h2-3,10,14H,4-9H2,1H3,(H,16,17). The molecule has 0 unspecified atom stereocenters. The van der Waals surface area contributed by atoms with E-state index in [-0.39, 0.29) is 6.42 Å². The summed E-state index contributed by atoms with van der Waals surface area (Å²) in [4.78, 5) is 16.2. The van der Waals surface area contributed by atoms with E-state index < -0.39 is 5.97 Å². The van der Waals surface area contributed by atoms with Gasteiger partial charge in [-0.3, -0.25) is 9.69 Å². The summed E-state index contributed by atoms with van der Waals surface area (Å²) < 4.78 is 0. The van der Waals surface area contributed by atoms with Crippen LogP contribution in [0.4, 0.5) is 0 Å². The Kier molecular flexibility index (Phi) is 3.84. The zero-order valence-corrected chi connectivity index (χ0v) is 10.3. The zero-order chi connectivity index (χ0) is 12.3. The number of carboxylic acid groups (broad SMARTS) is 1. The predicted molar refractivity (Wildman–Crippen MR) is 65.8 cm³/mol. The number of likely N-dealkylation sites (tertiary alicyclic amines) is 1. The number of nitrogens with one attached hydrogen (secondary N) is 1. The Morgan fingerprint density at radius 1 is 1.41 bits per heavy atom. The Bertz CT molecular complexity index is 379. The molecule has 1 saturated heterocycles. The summed E-state index contributed by atoms with van der Waals surface area (Å²) in [5, 5.41) is 8.70. The van der Waals surface area contributed by atoms with Gasteiger partial charge in [0.15, 0.2) is 0 Å². The second kappa shape index (κ2) is 5.36. The van der Waals surface area contributed by atoms with Crippen molar-refractivity contribution in [2.75, 3.05) is 13.1 Å². The van der Waals surface area contributed by atoms with Crippen LogP contribution in [0.3, 0.4) is 0 Å². The molecule has 1 aromatic rings. The van der Waals surface area contributed by atoms with Crippen molar-refractivity contribution in [2.45, 2.75) is 32.7 Å². The van der Waals surface area contributed by atoms with Gasteiger partial charge in [0.25, 0.3) is 0 Å². The third kappa shape index (κ3) is 3.60. The minimum absolute atomic E-state index is 0.0804. The van der Waals surface area contributed by atoms with Crippen LogP contribution >= 0.6 is 0 Å². The molecule has 0 saturated carbocycles. The number of aromatic amines is 1. The van der Waals surface area contributed by atoms with Gasteiger partial charge < -0.3 is 10.1 Å². The Balaban J connectivity index is 1.86. The van der Waals surface area contributed by atoms with Gasteiger partial charge in [-0.05, 0) is 44.0 Å². The van der Waals surface area contributed by atoms with Gasteiger partial charge in [0.2, 0.25) is 0 Å². The molecule has 1 aliphatic heterocycles. The van der Waals surface area contributed by atoms with Crippen molar-refractivity contribution in [3.05, 3.63) is 23.5 Å². The topological polar surface area (TPSA) is 56.3 Å². The molecular weight excluding hydrogens is 216 g/mol. The monoisotopic (exact) mass is 236 g/mol. The van der Waals surface area contributed by atoms with E-state index in [0.717, 1.165) is 36.9 Å². The van der Waals surface area contributed by atoms with E-state index >= 15 is 0 Å². The van der Waals surface area contributed by atoms with Crippen molar-refractivity contribution in [1.29, 1.82) is 0 Å². The first-order valence-corrected chi connectivity index (χ1v) is 6.24. The molecular formula is C13H20N2O2. The maximum absolute atomic E-state index is 10.6. The fourth-order valence-electron chi connectivity index (χ4n) is 2.31. The summed E-state index contributed by atoms with van der Waals surface area (Å²) in [6.45, 7) is 5.51. The highest BCUT2D eigenvalue weighted by Crippen LogP contribution is 2.17. The van der Waals surface area contributed by atoms with Crippen LogP contribution in [-0.2, 0) is 17.8 Å². The molecule has 0 atom stereocenters. The predicted octanol–water partition coefficient (Wildman–Crippen LogP) is 1.87. The number of rotatable bonds is 4. The molecule has 2 rings (SSSR count). The minimum Gasteiger partial charge on any atom is -0.481 e. The van der Waals surface area contributed by atoms with E-state index in [0.29, 0.717) is 0 Å². The van der Waals surface area contributed by atoms with Crippen molar-refractivity contribution in [2.24, 2.45) is 5.92 Å². The van der Waals surface area contributed by atoms with Crippen LogP contribution in [0.15, 0.2) is 12.1 Å². The molecule has 1 aliphatic rings. The molecule has 4 heteroatoms. The van der Waals surface area contributed by atoms with Gasteiger partial charge in [0, 0.05) is 17.9 Å². The van der Waals surface area contributed by atoms with Gasteiger partial charge in [-0.25, -0.2) is 0 Å². The van der Waals surface area contributed by atoms with Gasteiger partial charge in [-0.15, -0.1) is 0 Å². The molecule has 2 N–H and O–H groups in total. The second-order valence-corrected chi connectivity index (χ2v) is 5.04. The van der Waals surface area contributed by atoms with Crippen molar-refractivity contribution >= 4 is 5.97 Å². The minimum atomic E-state index is -0.787. The third-order valence-electron chi connectivity index (χ3n) is 3.42. The average Bonchev–Trinajstić information content (AvgIpc) is 2.68. The molecule has 0 amide bonds. The zero-order valence-electron chi connectivity index (χ0n) is 10.3. The van der Waals surface area contributed by atoms with E-state index in [9.17, 15) is 4.79 Å². The number of nitrogens with zero attached hydrogens (tertiary/aromatic N) is 1. The summed E-state index contributed by atoms with van der Waals surface area (Å²) in [5.41, 5.74) is 1.91. The highest BCUT2D eigenvalue weighted by atomic mass is 16.4. The van der Waals surface area contributed by atoms with Gasteiger partial charge in [-0.1, -0.05) is 6.92 Å². The highest BCUT2D eigenvalue weighted by Gasteiger charge is 2.16. The summed E-state index contributed by atoms with van der Waals surface area (Å²) in [7, 11) is 0. The summed E-state index contributed by atoms with van der Waals surface area (Å²) in [6.07, 6.45) is 2.61. The molecule has 2 heterocycles. The molecule has 1 aromatic heterocycles.